The quantitative estimate of drug-likeness (QED) is 0.832. The van der Waals surface area contributed by atoms with Gasteiger partial charge >= 0.3 is 0 Å². The monoisotopic (exact) mass is 355 g/mol. The van der Waals surface area contributed by atoms with E-state index in [1.165, 1.54) is 6.92 Å². The minimum Gasteiger partial charge on any atom is -0.454 e. The van der Waals surface area contributed by atoms with Crippen LogP contribution >= 0.6 is 0 Å². The third kappa shape index (κ3) is 4.73. The van der Waals surface area contributed by atoms with Crippen LogP contribution in [0.3, 0.4) is 0 Å². The Balaban J connectivity index is 1.50. The van der Waals surface area contributed by atoms with Gasteiger partial charge in [-0.2, -0.15) is 0 Å². The summed E-state index contributed by atoms with van der Waals surface area (Å²) in [5, 5.41) is 5.53. The van der Waals surface area contributed by atoms with Crippen molar-refractivity contribution in [3.05, 3.63) is 48.0 Å². The largest absolute Gasteiger partial charge is 0.454 e. The second kappa shape index (κ2) is 7.88. The van der Waals surface area contributed by atoms with Gasteiger partial charge in [0.1, 0.15) is 0 Å². The van der Waals surface area contributed by atoms with Crippen LogP contribution in [-0.4, -0.2) is 37.1 Å². The predicted octanol–water partition coefficient (Wildman–Crippen LogP) is 2.44. The number of amides is 2. The molecule has 2 aromatic rings. The van der Waals surface area contributed by atoms with Gasteiger partial charge in [-0.05, 0) is 49.0 Å². The van der Waals surface area contributed by atoms with E-state index in [1.807, 2.05) is 30.1 Å². The van der Waals surface area contributed by atoms with E-state index >= 15 is 0 Å². The Labute approximate surface area is 151 Å². The first-order valence-corrected chi connectivity index (χ1v) is 8.24. The number of benzene rings is 2. The Kier molecular flexibility index (Phi) is 5.38. The Bertz CT molecular complexity index is 805. The number of hydrogen-bond donors (Lipinski definition) is 2. The van der Waals surface area contributed by atoms with Gasteiger partial charge in [0, 0.05) is 24.8 Å². The van der Waals surface area contributed by atoms with Crippen LogP contribution in [0, 0.1) is 0 Å². The number of carbonyl (C=O) groups is 2. The molecule has 1 heterocycles. The number of anilines is 2. The van der Waals surface area contributed by atoms with Crippen molar-refractivity contribution in [1.82, 2.24) is 4.90 Å². The topological polar surface area (TPSA) is 79.9 Å². The average Bonchev–Trinajstić information content (AvgIpc) is 3.03. The highest BCUT2D eigenvalue weighted by atomic mass is 16.7. The maximum atomic E-state index is 12.2. The Morgan fingerprint density at radius 2 is 1.65 bits per heavy atom. The van der Waals surface area contributed by atoms with E-state index in [0.29, 0.717) is 17.9 Å². The molecule has 2 amide bonds. The number of carbonyl (C=O) groups excluding carboxylic acids is 2. The lowest BCUT2D eigenvalue weighted by molar-refractivity contribution is -0.117. The smallest absolute Gasteiger partial charge is 0.238 e. The summed E-state index contributed by atoms with van der Waals surface area (Å²) < 4.78 is 10.7. The molecule has 2 aromatic carbocycles. The molecule has 3 rings (SSSR count). The molecule has 0 saturated heterocycles. The average molecular weight is 355 g/mol. The summed E-state index contributed by atoms with van der Waals surface area (Å²) in [6.07, 6.45) is 0. The summed E-state index contributed by atoms with van der Waals surface area (Å²) in [7, 11) is 1.88. The van der Waals surface area contributed by atoms with E-state index in [-0.39, 0.29) is 25.2 Å². The highest BCUT2D eigenvalue weighted by molar-refractivity contribution is 5.93. The van der Waals surface area contributed by atoms with Crippen molar-refractivity contribution in [2.24, 2.45) is 0 Å². The van der Waals surface area contributed by atoms with Crippen LogP contribution in [0.15, 0.2) is 42.5 Å². The molecule has 0 aromatic heterocycles. The second-order valence-electron chi connectivity index (χ2n) is 6.17. The molecular formula is C19H21N3O4. The van der Waals surface area contributed by atoms with Crippen molar-refractivity contribution in [2.75, 3.05) is 31.0 Å². The van der Waals surface area contributed by atoms with Crippen molar-refractivity contribution in [3.63, 3.8) is 0 Å². The summed E-state index contributed by atoms with van der Waals surface area (Å²) in [6.45, 7) is 2.57. The zero-order chi connectivity index (χ0) is 18.5. The Morgan fingerprint density at radius 3 is 2.35 bits per heavy atom. The summed E-state index contributed by atoms with van der Waals surface area (Å²) >= 11 is 0. The molecule has 0 atom stereocenters. The molecule has 7 nitrogen and oxygen atoms in total. The van der Waals surface area contributed by atoms with Gasteiger partial charge in [-0.25, -0.2) is 0 Å². The Hall–Kier alpha value is -3.06. The summed E-state index contributed by atoms with van der Waals surface area (Å²) in [5.41, 5.74) is 2.42. The molecule has 0 spiro atoms. The van der Waals surface area contributed by atoms with Gasteiger partial charge < -0.3 is 20.1 Å². The summed E-state index contributed by atoms with van der Waals surface area (Å²) in [6, 6.07) is 12.8. The van der Waals surface area contributed by atoms with E-state index in [9.17, 15) is 9.59 Å². The third-order valence-corrected chi connectivity index (χ3v) is 3.79. The van der Waals surface area contributed by atoms with Crippen LogP contribution in [0.2, 0.25) is 0 Å². The standard InChI is InChI=1S/C19H21N3O4/c1-13(23)20-15-4-6-16(7-5-15)21-19(24)11-22(2)10-14-3-8-17-18(9-14)26-12-25-17/h3-9H,10-12H2,1-2H3,(H,20,23)(H,21,24). The van der Waals surface area contributed by atoms with Crippen molar-refractivity contribution in [2.45, 2.75) is 13.5 Å². The van der Waals surface area contributed by atoms with Crippen LogP contribution in [0.5, 0.6) is 11.5 Å². The van der Waals surface area contributed by atoms with E-state index in [4.69, 9.17) is 9.47 Å². The zero-order valence-corrected chi connectivity index (χ0v) is 14.7. The van der Waals surface area contributed by atoms with Gasteiger partial charge in [-0.3, -0.25) is 14.5 Å². The SMILES string of the molecule is CC(=O)Nc1ccc(NC(=O)CN(C)Cc2ccc3c(c2)OCO3)cc1. The fourth-order valence-electron chi connectivity index (χ4n) is 2.69. The van der Waals surface area contributed by atoms with Crippen LogP contribution in [0.1, 0.15) is 12.5 Å². The molecule has 136 valence electrons. The van der Waals surface area contributed by atoms with Crippen LogP contribution in [0.25, 0.3) is 0 Å². The first kappa shape index (κ1) is 17.8. The van der Waals surface area contributed by atoms with Crippen molar-refractivity contribution in [1.29, 1.82) is 0 Å². The van der Waals surface area contributed by atoms with Crippen LogP contribution < -0.4 is 20.1 Å². The predicted molar refractivity (Wildman–Crippen MR) is 98.3 cm³/mol. The van der Waals surface area contributed by atoms with E-state index in [0.717, 1.165) is 17.1 Å². The molecule has 0 aliphatic carbocycles. The van der Waals surface area contributed by atoms with Crippen molar-refractivity contribution < 1.29 is 19.1 Å². The molecule has 7 heteroatoms. The molecule has 1 aliphatic rings. The molecule has 26 heavy (non-hydrogen) atoms. The first-order valence-electron chi connectivity index (χ1n) is 8.24. The molecule has 0 unspecified atom stereocenters. The number of fused-ring (bicyclic) bond motifs is 1. The minimum atomic E-state index is -0.132. The molecule has 0 fully saturated rings. The molecule has 0 radical (unpaired) electrons. The van der Waals surface area contributed by atoms with Crippen molar-refractivity contribution in [3.8, 4) is 11.5 Å². The summed E-state index contributed by atoms with van der Waals surface area (Å²) in [5.74, 6) is 1.24. The van der Waals surface area contributed by atoms with E-state index < -0.39 is 0 Å². The van der Waals surface area contributed by atoms with Gasteiger partial charge in [-0.1, -0.05) is 6.07 Å². The molecule has 2 N–H and O–H groups in total. The van der Waals surface area contributed by atoms with Crippen molar-refractivity contribution >= 4 is 23.2 Å². The molecular weight excluding hydrogens is 334 g/mol. The lowest BCUT2D eigenvalue weighted by Gasteiger charge is -2.16. The fraction of sp³-hybridized carbons (Fsp3) is 0.263. The van der Waals surface area contributed by atoms with Crippen LogP contribution in [0.4, 0.5) is 11.4 Å². The van der Waals surface area contributed by atoms with E-state index in [1.54, 1.807) is 24.3 Å². The number of hydrogen-bond acceptors (Lipinski definition) is 5. The number of likely N-dealkylation sites (N-methyl/N-ethyl adjacent to an activating group) is 1. The van der Waals surface area contributed by atoms with Gasteiger partial charge in [0.25, 0.3) is 0 Å². The third-order valence-electron chi connectivity index (χ3n) is 3.79. The van der Waals surface area contributed by atoms with Crippen LogP contribution in [-0.2, 0) is 16.1 Å². The number of nitrogens with zero attached hydrogens (tertiary/aromatic N) is 1. The number of ether oxygens (including phenoxy) is 2. The van der Waals surface area contributed by atoms with Gasteiger partial charge in [-0.15, -0.1) is 0 Å². The molecule has 0 bridgehead atoms. The number of nitrogens with one attached hydrogen (secondary N) is 2. The maximum absolute atomic E-state index is 12.2. The summed E-state index contributed by atoms with van der Waals surface area (Å²) in [4.78, 5) is 25.1. The lowest BCUT2D eigenvalue weighted by atomic mass is 10.2. The Morgan fingerprint density at radius 1 is 1.00 bits per heavy atom. The lowest BCUT2D eigenvalue weighted by Crippen LogP contribution is -2.29. The zero-order valence-electron chi connectivity index (χ0n) is 14.7. The molecule has 1 aliphatic heterocycles. The maximum Gasteiger partial charge on any atom is 0.238 e. The minimum absolute atomic E-state index is 0.111. The highest BCUT2D eigenvalue weighted by Gasteiger charge is 2.14. The fourth-order valence-corrected chi connectivity index (χ4v) is 2.69. The van der Waals surface area contributed by atoms with Gasteiger partial charge in [0.15, 0.2) is 11.5 Å². The molecule has 0 saturated carbocycles. The van der Waals surface area contributed by atoms with Gasteiger partial charge in [0.2, 0.25) is 18.6 Å². The second-order valence-corrected chi connectivity index (χ2v) is 6.17. The number of rotatable bonds is 6. The van der Waals surface area contributed by atoms with E-state index in [2.05, 4.69) is 10.6 Å². The highest BCUT2D eigenvalue weighted by Crippen LogP contribution is 2.32. The van der Waals surface area contributed by atoms with Gasteiger partial charge in [0.05, 0.1) is 6.54 Å². The normalized spacial score (nSPS) is 12.1. The first-order chi connectivity index (χ1) is 12.5.